The van der Waals surface area contributed by atoms with Gasteiger partial charge in [0.05, 0.1) is 33.4 Å². The van der Waals surface area contributed by atoms with Crippen LogP contribution in [0.3, 0.4) is 0 Å². The van der Waals surface area contributed by atoms with E-state index < -0.39 is 5.41 Å². The number of hydrogen-bond donors (Lipinski definition) is 0. The number of benzene rings is 21. The van der Waals surface area contributed by atoms with Crippen molar-refractivity contribution < 1.29 is 0 Å². The molecule has 5 heteroatoms. The van der Waals surface area contributed by atoms with Crippen molar-refractivity contribution in [1.82, 2.24) is 9.13 Å². The van der Waals surface area contributed by atoms with Gasteiger partial charge in [0.1, 0.15) is 0 Å². The van der Waals surface area contributed by atoms with E-state index in [0.29, 0.717) is 0 Å². The van der Waals surface area contributed by atoms with Crippen LogP contribution in [-0.2, 0) is 16.2 Å². The van der Waals surface area contributed by atoms with Crippen LogP contribution in [0.5, 0.6) is 0 Å². The zero-order chi connectivity index (χ0) is 82.4. The number of rotatable bonds is 10. The number of anilines is 6. The average molecular weight is 1570 g/mol. The molecule has 4 heterocycles. The van der Waals surface area contributed by atoms with Gasteiger partial charge < -0.3 is 18.9 Å². The lowest BCUT2D eigenvalue weighted by atomic mass is 9.33. The topological polar surface area (TPSA) is 16.3 Å². The zero-order valence-electron chi connectivity index (χ0n) is 70.5. The molecule has 0 bridgehead atoms. The van der Waals surface area contributed by atoms with Gasteiger partial charge in [-0.2, -0.15) is 0 Å². The van der Waals surface area contributed by atoms with E-state index in [0.717, 1.165) is 90.0 Å². The standard InChI is InChI=1S/C118H87BN4/c1-116(2,3)82-62-91(72-32-18-12-19-33-72)114(92(63-82)73-34-20-13-21-35-73)122-101-68-85(120-97-56-48-74-36-24-44-87-88-45-25-37-75-49-57-98(120)110(106(75)88)109(97)105(74)87)52-54-95(101)119-96-55-53-86(121-99-58-50-76-38-26-46-89-90-47-27-39-77-51-59-100(121)112(108(77)90)111(99)107(76)89)69-102(96)123(104-67-84(118(7,8)9)66-103(122)113(104)119)115-93(80-42-22-40-78(60-80)70-28-14-10-15-29-70)64-83(117(4,5)6)65-94(115)81-43-23-41-79(61-81)71-30-16-11-17-31-71/h10-69H,1-9H3. The summed E-state index contributed by atoms with van der Waals surface area (Å²) in [5.41, 5.74) is 34.2. The van der Waals surface area contributed by atoms with Crippen LogP contribution in [0.15, 0.2) is 364 Å². The highest BCUT2D eigenvalue weighted by molar-refractivity contribution is 7.00. The van der Waals surface area contributed by atoms with Crippen LogP contribution in [0, 0.1) is 0 Å². The van der Waals surface area contributed by atoms with Crippen molar-refractivity contribution in [2.24, 2.45) is 0 Å². The molecule has 0 saturated carbocycles. The molecule has 582 valence electrons. The van der Waals surface area contributed by atoms with Gasteiger partial charge in [-0.05, 0) is 256 Å². The van der Waals surface area contributed by atoms with Crippen molar-refractivity contribution in [2.75, 3.05) is 9.80 Å². The van der Waals surface area contributed by atoms with Crippen LogP contribution in [0.4, 0.5) is 34.1 Å². The predicted molar refractivity (Wildman–Crippen MR) is 528 cm³/mol. The fourth-order valence-electron chi connectivity index (χ4n) is 21.8. The molecule has 0 fully saturated rings. The second-order valence-corrected chi connectivity index (χ2v) is 37.9. The highest BCUT2D eigenvalue weighted by Crippen LogP contribution is 2.58. The number of fused-ring (bicyclic) bond motifs is 6. The first-order chi connectivity index (χ1) is 59.9. The van der Waals surface area contributed by atoms with Crippen LogP contribution >= 0.6 is 0 Å². The average Bonchev–Trinajstić information content (AvgIpc) is 1.68. The molecule has 0 atom stereocenters. The molecule has 123 heavy (non-hydrogen) atoms. The third-order valence-electron chi connectivity index (χ3n) is 27.7. The van der Waals surface area contributed by atoms with E-state index in [1.54, 1.807) is 0 Å². The molecule has 21 aromatic carbocycles. The Hall–Kier alpha value is -14.5. The second-order valence-electron chi connectivity index (χ2n) is 37.9. The van der Waals surface area contributed by atoms with Gasteiger partial charge >= 0.3 is 0 Å². The Kier molecular flexibility index (Phi) is 15.1. The van der Waals surface area contributed by atoms with E-state index in [2.05, 4.69) is 445 Å². The molecule has 2 aliphatic heterocycles. The zero-order valence-corrected chi connectivity index (χ0v) is 70.5. The molecule has 0 saturated heterocycles. The van der Waals surface area contributed by atoms with Crippen molar-refractivity contribution in [2.45, 2.75) is 78.6 Å². The van der Waals surface area contributed by atoms with E-state index >= 15 is 0 Å². The van der Waals surface area contributed by atoms with Gasteiger partial charge in [0.25, 0.3) is 6.71 Å². The molecule has 0 radical (unpaired) electrons. The molecular formula is C118H87BN4. The third-order valence-corrected chi connectivity index (χ3v) is 27.7. The number of nitrogens with zero attached hydrogens (tertiary/aromatic N) is 4. The summed E-state index contributed by atoms with van der Waals surface area (Å²) in [5, 5.41) is 20.7. The fourth-order valence-corrected chi connectivity index (χ4v) is 21.8. The van der Waals surface area contributed by atoms with Crippen molar-refractivity contribution >= 4 is 165 Å². The summed E-state index contributed by atoms with van der Waals surface area (Å²) in [4.78, 5) is 5.57. The first-order valence-corrected chi connectivity index (χ1v) is 43.6. The van der Waals surface area contributed by atoms with Gasteiger partial charge in [0.15, 0.2) is 0 Å². The molecule has 25 rings (SSSR count). The van der Waals surface area contributed by atoms with Crippen molar-refractivity contribution in [3.63, 3.8) is 0 Å². The first-order valence-electron chi connectivity index (χ1n) is 43.6. The van der Waals surface area contributed by atoms with Gasteiger partial charge in [-0.3, -0.25) is 0 Å². The van der Waals surface area contributed by atoms with Gasteiger partial charge in [0, 0.05) is 77.9 Å². The van der Waals surface area contributed by atoms with Gasteiger partial charge in [-0.25, -0.2) is 0 Å². The van der Waals surface area contributed by atoms with Crippen molar-refractivity contribution in [3.05, 3.63) is 381 Å². The minimum absolute atomic E-state index is 0.228. The molecule has 2 aliphatic rings. The molecule has 0 N–H and O–H groups in total. The summed E-state index contributed by atoms with van der Waals surface area (Å²) in [7, 11) is 0. The summed E-state index contributed by atoms with van der Waals surface area (Å²) in [6, 6.07) is 141. The lowest BCUT2D eigenvalue weighted by molar-refractivity contribution is 0.590. The lowest BCUT2D eigenvalue weighted by Gasteiger charge is -2.47. The van der Waals surface area contributed by atoms with Crippen molar-refractivity contribution in [1.29, 1.82) is 0 Å². The molecule has 0 spiro atoms. The molecular weight excluding hydrogens is 1480 g/mol. The summed E-state index contributed by atoms with van der Waals surface area (Å²) < 4.78 is 5.23. The minimum atomic E-state index is -0.393. The van der Waals surface area contributed by atoms with Crippen LogP contribution < -0.4 is 26.2 Å². The Morgan fingerprint density at radius 1 is 0.211 bits per heavy atom. The first kappa shape index (κ1) is 71.4. The second kappa shape index (κ2) is 26.0. The Labute approximate surface area is 716 Å². The van der Waals surface area contributed by atoms with Crippen LogP contribution in [0.25, 0.3) is 186 Å². The number of hydrogen-bond acceptors (Lipinski definition) is 2. The monoisotopic (exact) mass is 1570 g/mol. The molecule has 0 unspecified atom stereocenters. The maximum atomic E-state index is 2.80. The van der Waals surface area contributed by atoms with E-state index in [1.807, 2.05) is 0 Å². The maximum absolute atomic E-state index is 2.80. The van der Waals surface area contributed by atoms with Gasteiger partial charge in [-0.15, -0.1) is 0 Å². The number of aromatic nitrogens is 2. The summed E-state index contributed by atoms with van der Waals surface area (Å²) >= 11 is 0. The van der Waals surface area contributed by atoms with Gasteiger partial charge in [0.2, 0.25) is 0 Å². The Morgan fingerprint density at radius 2 is 0.496 bits per heavy atom. The summed E-state index contributed by atoms with van der Waals surface area (Å²) in [6.07, 6.45) is 0. The van der Waals surface area contributed by atoms with E-state index in [1.165, 1.54) is 164 Å². The fraction of sp³-hybridized carbons (Fsp3) is 0.102. The lowest BCUT2D eigenvalue weighted by Crippen LogP contribution is -2.61. The molecule has 23 aromatic rings. The summed E-state index contributed by atoms with van der Waals surface area (Å²) in [6.45, 7) is 21.3. The highest BCUT2D eigenvalue weighted by atomic mass is 15.2. The molecule has 4 nitrogen and oxygen atoms in total. The predicted octanol–water partition coefficient (Wildman–Crippen LogP) is 30.5. The maximum Gasteiger partial charge on any atom is 0.252 e. The highest BCUT2D eigenvalue weighted by Gasteiger charge is 2.47. The SMILES string of the molecule is CC(C)(C)c1cc(-c2ccccc2)c(N2c3cc(-n4c5ccc6cccc7c8cccc9ccc4c(c98)c5c67)ccc3B3c4ccc(-n5c6ccc7cccc8c9cccc%10ccc5c(c%109)c6c78)cc4N(c4c(-c5cccc(-c6ccccc6)c5)cc(C(C)(C)C)cc4-c4cccc(-c5ccccc5)c4)c4cc(C(C)(C)C)cc2c43)c(-c2ccccc2)c1. The summed E-state index contributed by atoms with van der Waals surface area (Å²) in [5.74, 6) is 0. The van der Waals surface area contributed by atoms with Crippen molar-refractivity contribution in [3.8, 4) is 78.1 Å². The van der Waals surface area contributed by atoms with Crippen LogP contribution in [0.2, 0.25) is 0 Å². The Bertz CT molecular complexity index is 7920. The minimum Gasteiger partial charge on any atom is -0.310 e. The smallest absolute Gasteiger partial charge is 0.252 e. The molecule has 2 aromatic heterocycles. The normalized spacial score (nSPS) is 13.2. The van der Waals surface area contributed by atoms with E-state index in [9.17, 15) is 0 Å². The Balaban J connectivity index is 0.861. The van der Waals surface area contributed by atoms with Crippen LogP contribution in [-0.4, -0.2) is 15.8 Å². The van der Waals surface area contributed by atoms with Gasteiger partial charge in [-0.1, -0.05) is 329 Å². The largest absolute Gasteiger partial charge is 0.310 e. The quantitative estimate of drug-likeness (QED) is 0.0771. The Morgan fingerprint density at radius 3 is 0.821 bits per heavy atom. The van der Waals surface area contributed by atoms with Crippen LogP contribution in [0.1, 0.15) is 79.0 Å². The van der Waals surface area contributed by atoms with E-state index in [-0.39, 0.29) is 17.5 Å². The van der Waals surface area contributed by atoms with E-state index in [4.69, 9.17) is 0 Å². The third kappa shape index (κ3) is 10.5. The molecule has 0 amide bonds. The molecule has 0 aliphatic carbocycles.